The monoisotopic (exact) mass is 403 g/mol. The molecule has 0 bridgehead atoms. The molecular formula is C18H15Cl2N5O2. The van der Waals surface area contributed by atoms with Crippen LogP contribution in [0.3, 0.4) is 0 Å². The number of aromatic nitrogens is 2. The number of aryl methyl sites for hydroxylation is 2. The van der Waals surface area contributed by atoms with Gasteiger partial charge in [0.2, 0.25) is 11.6 Å². The molecule has 0 atom stereocenters. The van der Waals surface area contributed by atoms with Crippen LogP contribution in [0.4, 0.5) is 28.7 Å². The highest BCUT2D eigenvalue weighted by molar-refractivity contribution is 6.35. The minimum Gasteiger partial charge on any atom is -0.334 e. The van der Waals surface area contributed by atoms with Crippen molar-refractivity contribution in [3.05, 3.63) is 74.0 Å². The lowest BCUT2D eigenvalue weighted by Crippen LogP contribution is -2.06. The van der Waals surface area contributed by atoms with Gasteiger partial charge in [0.1, 0.15) is 6.33 Å². The molecule has 0 saturated heterocycles. The molecule has 0 fully saturated rings. The lowest BCUT2D eigenvalue weighted by Gasteiger charge is -2.12. The molecule has 9 heteroatoms. The van der Waals surface area contributed by atoms with E-state index in [2.05, 4.69) is 20.6 Å². The first-order valence-corrected chi connectivity index (χ1v) is 8.66. The third kappa shape index (κ3) is 4.45. The number of hydrogen-bond donors (Lipinski definition) is 2. The number of halogens is 2. The second-order valence-corrected chi connectivity index (χ2v) is 6.78. The van der Waals surface area contributed by atoms with E-state index in [1.807, 2.05) is 32.0 Å². The molecular weight excluding hydrogens is 389 g/mol. The van der Waals surface area contributed by atoms with Crippen molar-refractivity contribution in [3.8, 4) is 0 Å². The molecule has 138 valence electrons. The third-order valence-corrected chi connectivity index (χ3v) is 4.20. The standard InChI is InChI=1S/C18H15Cl2N5O2/c1-10-3-4-15(11(2)5-10)24-18-16(25(26)27)17(21-9-22-18)23-14-7-12(19)6-13(20)8-14/h3-9H,1-2H3,(H2,21,22,23,24). The van der Waals surface area contributed by atoms with E-state index >= 15 is 0 Å². The molecule has 0 aliphatic carbocycles. The maximum Gasteiger partial charge on any atom is 0.353 e. The van der Waals surface area contributed by atoms with Crippen molar-refractivity contribution in [2.24, 2.45) is 0 Å². The van der Waals surface area contributed by atoms with Crippen molar-refractivity contribution in [1.82, 2.24) is 9.97 Å². The summed E-state index contributed by atoms with van der Waals surface area (Å²) in [5.74, 6) is 0.109. The second kappa shape index (κ2) is 7.77. The number of anilines is 4. The van der Waals surface area contributed by atoms with E-state index in [1.165, 1.54) is 6.33 Å². The average Bonchev–Trinajstić information content (AvgIpc) is 2.56. The molecule has 0 amide bonds. The van der Waals surface area contributed by atoms with Crippen molar-refractivity contribution in [1.29, 1.82) is 0 Å². The summed E-state index contributed by atoms with van der Waals surface area (Å²) in [5, 5.41) is 18.4. The quantitative estimate of drug-likeness (QED) is 0.413. The fourth-order valence-corrected chi connectivity index (χ4v) is 3.10. The zero-order chi connectivity index (χ0) is 19.6. The molecule has 3 aromatic rings. The van der Waals surface area contributed by atoms with Crippen LogP contribution in [-0.4, -0.2) is 14.9 Å². The Morgan fingerprint density at radius 3 is 2.19 bits per heavy atom. The van der Waals surface area contributed by atoms with Crippen LogP contribution in [0.1, 0.15) is 11.1 Å². The molecule has 3 rings (SSSR count). The Morgan fingerprint density at radius 1 is 0.963 bits per heavy atom. The topological polar surface area (TPSA) is 93.0 Å². The summed E-state index contributed by atoms with van der Waals surface area (Å²) >= 11 is 12.0. The van der Waals surface area contributed by atoms with Gasteiger partial charge >= 0.3 is 5.69 Å². The van der Waals surface area contributed by atoms with Gasteiger partial charge in [-0.3, -0.25) is 10.1 Å². The third-order valence-electron chi connectivity index (χ3n) is 3.77. The van der Waals surface area contributed by atoms with Crippen LogP contribution < -0.4 is 10.6 Å². The van der Waals surface area contributed by atoms with E-state index < -0.39 is 4.92 Å². The minimum atomic E-state index is -0.541. The van der Waals surface area contributed by atoms with Crippen LogP contribution in [0, 0.1) is 24.0 Å². The fourth-order valence-electron chi connectivity index (χ4n) is 2.58. The van der Waals surface area contributed by atoms with Crippen molar-refractivity contribution in [2.45, 2.75) is 13.8 Å². The van der Waals surface area contributed by atoms with Crippen LogP contribution >= 0.6 is 23.2 Å². The summed E-state index contributed by atoms with van der Waals surface area (Å²) in [4.78, 5) is 19.2. The zero-order valence-electron chi connectivity index (χ0n) is 14.5. The molecule has 27 heavy (non-hydrogen) atoms. The number of hydrogen-bond acceptors (Lipinski definition) is 6. The summed E-state index contributed by atoms with van der Waals surface area (Å²) in [6.07, 6.45) is 1.24. The molecule has 0 unspecified atom stereocenters. The van der Waals surface area contributed by atoms with Crippen LogP contribution in [0.15, 0.2) is 42.7 Å². The molecule has 0 radical (unpaired) electrons. The minimum absolute atomic E-state index is 0.0283. The number of nitrogens with one attached hydrogen (secondary N) is 2. The molecule has 2 N–H and O–H groups in total. The smallest absolute Gasteiger partial charge is 0.334 e. The van der Waals surface area contributed by atoms with E-state index in [1.54, 1.807) is 18.2 Å². The average molecular weight is 404 g/mol. The van der Waals surface area contributed by atoms with Crippen molar-refractivity contribution >= 4 is 51.9 Å². The van der Waals surface area contributed by atoms with Gasteiger partial charge in [0.05, 0.1) is 4.92 Å². The predicted molar refractivity (Wildman–Crippen MR) is 108 cm³/mol. The predicted octanol–water partition coefficient (Wildman–Crippen LogP) is 5.80. The molecule has 0 saturated carbocycles. The van der Waals surface area contributed by atoms with E-state index in [0.29, 0.717) is 15.7 Å². The lowest BCUT2D eigenvalue weighted by molar-refractivity contribution is -0.383. The Morgan fingerprint density at radius 2 is 1.59 bits per heavy atom. The van der Waals surface area contributed by atoms with Crippen LogP contribution in [0.2, 0.25) is 10.0 Å². The Bertz CT molecular complexity index is 1010. The van der Waals surface area contributed by atoms with Crippen molar-refractivity contribution in [2.75, 3.05) is 10.6 Å². The Kier molecular flexibility index (Phi) is 5.43. The number of benzene rings is 2. The van der Waals surface area contributed by atoms with E-state index in [4.69, 9.17) is 23.2 Å². The summed E-state index contributed by atoms with van der Waals surface area (Å²) in [6, 6.07) is 10.5. The number of nitro groups is 1. The first kappa shape index (κ1) is 18.9. The number of nitrogens with zero attached hydrogens (tertiary/aromatic N) is 3. The Balaban J connectivity index is 2.00. The highest BCUT2D eigenvalue weighted by atomic mass is 35.5. The number of rotatable bonds is 5. The zero-order valence-corrected chi connectivity index (χ0v) is 16.0. The highest BCUT2D eigenvalue weighted by Crippen LogP contribution is 2.34. The van der Waals surface area contributed by atoms with Gasteiger partial charge in [-0.2, -0.15) is 0 Å². The van der Waals surface area contributed by atoms with Crippen LogP contribution in [-0.2, 0) is 0 Å². The lowest BCUT2D eigenvalue weighted by atomic mass is 10.1. The van der Waals surface area contributed by atoms with Gasteiger partial charge in [0.25, 0.3) is 0 Å². The van der Waals surface area contributed by atoms with Gasteiger partial charge in [0.15, 0.2) is 0 Å². The first-order valence-electron chi connectivity index (χ1n) is 7.90. The summed E-state index contributed by atoms with van der Waals surface area (Å²) in [6.45, 7) is 3.89. The maximum atomic E-state index is 11.7. The summed E-state index contributed by atoms with van der Waals surface area (Å²) in [7, 11) is 0. The Labute approximate surface area is 165 Å². The molecule has 1 heterocycles. The van der Waals surface area contributed by atoms with Crippen LogP contribution in [0.25, 0.3) is 0 Å². The SMILES string of the molecule is Cc1ccc(Nc2ncnc(Nc3cc(Cl)cc(Cl)c3)c2[N+](=O)[O-])c(C)c1. The fraction of sp³-hybridized carbons (Fsp3) is 0.111. The van der Waals surface area contributed by atoms with Gasteiger partial charge in [-0.15, -0.1) is 0 Å². The molecule has 1 aromatic heterocycles. The van der Waals surface area contributed by atoms with E-state index in [-0.39, 0.29) is 17.3 Å². The molecule has 7 nitrogen and oxygen atoms in total. The molecule has 2 aromatic carbocycles. The largest absolute Gasteiger partial charge is 0.353 e. The molecule has 0 aliphatic rings. The van der Waals surface area contributed by atoms with E-state index in [0.717, 1.165) is 16.8 Å². The summed E-state index contributed by atoms with van der Waals surface area (Å²) < 4.78 is 0. The summed E-state index contributed by atoms with van der Waals surface area (Å²) in [5.41, 5.74) is 2.95. The normalized spacial score (nSPS) is 10.5. The maximum absolute atomic E-state index is 11.7. The van der Waals surface area contributed by atoms with Crippen LogP contribution in [0.5, 0.6) is 0 Å². The van der Waals surface area contributed by atoms with Crippen molar-refractivity contribution < 1.29 is 4.92 Å². The molecule has 0 spiro atoms. The second-order valence-electron chi connectivity index (χ2n) is 5.90. The highest BCUT2D eigenvalue weighted by Gasteiger charge is 2.24. The van der Waals surface area contributed by atoms with Gasteiger partial charge < -0.3 is 10.6 Å². The van der Waals surface area contributed by atoms with Gasteiger partial charge in [-0.25, -0.2) is 9.97 Å². The first-order chi connectivity index (χ1) is 12.8. The van der Waals surface area contributed by atoms with E-state index in [9.17, 15) is 10.1 Å². The van der Waals surface area contributed by atoms with Gasteiger partial charge in [0, 0.05) is 21.4 Å². The Hall–Kier alpha value is -2.90. The van der Waals surface area contributed by atoms with Crippen molar-refractivity contribution in [3.63, 3.8) is 0 Å². The molecule has 0 aliphatic heterocycles. The van der Waals surface area contributed by atoms with Gasteiger partial charge in [-0.05, 0) is 43.7 Å². The van der Waals surface area contributed by atoms with Gasteiger partial charge in [-0.1, -0.05) is 40.9 Å².